The third-order valence-electron chi connectivity index (χ3n) is 2.34. The molecule has 1 fully saturated rings. The summed E-state index contributed by atoms with van der Waals surface area (Å²) in [5, 5.41) is 12.3. The average molecular weight is 322 g/mol. The van der Waals surface area contributed by atoms with E-state index in [-0.39, 0.29) is 6.61 Å². The van der Waals surface area contributed by atoms with E-state index in [4.69, 9.17) is 5.11 Å². The number of rotatable bonds is 3. The molecule has 0 amide bonds. The number of pyridine rings is 1. The van der Waals surface area contributed by atoms with Crippen LogP contribution in [0.3, 0.4) is 0 Å². The standard InChI is InChI=1S/C9H10Br2N2O/c10-6-2-12-3-7(11)9(6)13-8-1-5(8)4-14/h2-3,5,8,14H,1,4H2,(H,12,13). The van der Waals surface area contributed by atoms with Gasteiger partial charge in [0.15, 0.2) is 0 Å². The van der Waals surface area contributed by atoms with Crippen LogP contribution in [0.5, 0.6) is 0 Å². The van der Waals surface area contributed by atoms with Gasteiger partial charge in [-0.2, -0.15) is 0 Å². The highest BCUT2D eigenvalue weighted by Gasteiger charge is 2.36. The van der Waals surface area contributed by atoms with Gasteiger partial charge >= 0.3 is 0 Å². The normalized spacial score (nSPS) is 24.8. The van der Waals surface area contributed by atoms with Gasteiger partial charge in [-0.25, -0.2) is 0 Å². The van der Waals surface area contributed by atoms with Gasteiger partial charge in [0.05, 0.1) is 14.6 Å². The highest BCUT2D eigenvalue weighted by atomic mass is 79.9. The van der Waals surface area contributed by atoms with Crippen molar-refractivity contribution >= 4 is 37.5 Å². The Morgan fingerprint density at radius 1 is 1.43 bits per heavy atom. The zero-order chi connectivity index (χ0) is 10.1. The molecule has 1 aromatic rings. The molecule has 0 aromatic carbocycles. The summed E-state index contributed by atoms with van der Waals surface area (Å²) in [5.41, 5.74) is 1.01. The van der Waals surface area contributed by atoms with Gasteiger partial charge in [-0.1, -0.05) is 0 Å². The molecule has 2 unspecified atom stereocenters. The van der Waals surface area contributed by atoms with Crippen LogP contribution in [0.2, 0.25) is 0 Å². The Kier molecular flexibility index (Phi) is 3.09. The zero-order valence-corrected chi connectivity index (χ0v) is 10.5. The van der Waals surface area contributed by atoms with Crippen LogP contribution < -0.4 is 5.32 Å². The molecule has 0 spiro atoms. The van der Waals surface area contributed by atoms with Crippen LogP contribution in [0.4, 0.5) is 5.69 Å². The summed E-state index contributed by atoms with van der Waals surface area (Å²) in [7, 11) is 0. The van der Waals surface area contributed by atoms with Crippen LogP contribution in [-0.2, 0) is 0 Å². The van der Waals surface area contributed by atoms with Gasteiger partial charge in [0, 0.05) is 31.0 Å². The number of nitrogens with one attached hydrogen (secondary N) is 1. The minimum Gasteiger partial charge on any atom is -0.396 e. The lowest BCUT2D eigenvalue weighted by Gasteiger charge is -2.09. The van der Waals surface area contributed by atoms with Crippen molar-refractivity contribution in [3.05, 3.63) is 21.3 Å². The number of aliphatic hydroxyl groups is 1. The maximum Gasteiger partial charge on any atom is 0.0662 e. The molecule has 2 N–H and O–H groups in total. The molecule has 76 valence electrons. The largest absolute Gasteiger partial charge is 0.396 e. The molecule has 5 heteroatoms. The predicted octanol–water partition coefficient (Wildman–Crippen LogP) is 2.40. The van der Waals surface area contributed by atoms with Crippen molar-refractivity contribution < 1.29 is 5.11 Å². The van der Waals surface area contributed by atoms with Gasteiger partial charge in [0.2, 0.25) is 0 Å². The summed E-state index contributed by atoms with van der Waals surface area (Å²) in [6.07, 6.45) is 4.55. The van der Waals surface area contributed by atoms with Gasteiger partial charge in [-0.15, -0.1) is 0 Å². The predicted molar refractivity (Wildman–Crippen MR) is 62.2 cm³/mol. The van der Waals surface area contributed by atoms with E-state index < -0.39 is 0 Å². The van der Waals surface area contributed by atoms with Gasteiger partial charge in [-0.05, 0) is 38.3 Å². The maximum atomic E-state index is 8.92. The van der Waals surface area contributed by atoms with E-state index in [0.717, 1.165) is 21.1 Å². The van der Waals surface area contributed by atoms with Crippen molar-refractivity contribution in [2.75, 3.05) is 11.9 Å². The van der Waals surface area contributed by atoms with Crippen LogP contribution in [0.25, 0.3) is 0 Å². The fraction of sp³-hybridized carbons (Fsp3) is 0.444. The highest BCUT2D eigenvalue weighted by Crippen LogP contribution is 2.37. The SMILES string of the molecule is OCC1CC1Nc1c(Br)cncc1Br. The van der Waals surface area contributed by atoms with E-state index >= 15 is 0 Å². The summed E-state index contributed by atoms with van der Waals surface area (Å²) in [6.45, 7) is 0.262. The summed E-state index contributed by atoms with van der Waals surface area (Å²) < 4.78 is 1.88. The monoisotopic (exact) mass is 320 g/mol. The first-order valence-electron chi connectivity index (χ1n) is 4.38. The summed E-state index contributed by atoms with van der Waals surface area (Å²) >= 11 is 6.86. The van der Waals surface area contributed by atoms with Crippen molar-refractivity contribution in [3.8, 4) is 0 Å². The Morgan fingerprint density at radius 3 is 2.57 bits per heavy atom. The number of nitrogens with zero attached hydrogens (tertiary/aromatic N) is 1. The molecule has 0 radical (unpaired) electrons. The zero-order valence-electron chi connectivity index (χ0n) is 7.37. The van der Waals surface area contributed by atoms with Crippen LogP contribution in [0, 0.1) is 5.92 Å². The lowest BCUT2D eigenvalue weighted by atomic mass is 10.4. The Morgan fingerprint density at radius 2 is 2.07 bits per heavy atom. The summed E-state index contributed by atoms with van der Waals surface area (Å²) in [4.78, 5) is 4.03. The Hall–Kier alpha value is -0.130. The minimum atomic E-state index is 0.262. The van der Waals surface area contributed by atoms with E-state index in [1.807, 2.05) is 0 Å². The van der Waals surface area contributed by atoms with E-state index in [0.29, 0.717) is 12.0 Å². The molecule has 2 atom stereocenters. The fourth-order valence-corrected chi connectivity index (χ4v) is 2.52. The van der Waals surface area contributed by atoms with Crippen molar-refractivity contribution in [2.45, 2.75) is 12.5 Å². The number of anilines is 1. The molecule has 1 aliphatic carbocycles. The van der Waals surface area contributed by atoms with Crippen LogP contribution in [0.1, 0.15) is 6.42 Å². The lowest BCUT2D eigenvalue weighted by molar-refractivity contribution is 0.275. The minimum absolute atomic E-state index is 0.262. The Balaban J connectivity index is 2.09. The van der Waals surface area contributed by atoms with E-state index in [1.54, 1.807) is 12.4 Å². The smallest absolute Gasteiger partial charge is 0.0662 e. The average Bonchev–Trinajstić information content (AvgIpc) is 2.90. The Labute approximate surface area is 99.2 Å². The lowest BCUT2D eigenvalue weighted by Crippen LogP contribution is -2.07. The first-order valence-corrected chi connectivity index (χ1v) is 5.97. The fourth-order valence-electron chi connectivity index (χ4n) is 1.36. The van der Waals surface area contributed by atoms with Gasteiger partial charge < -0.3 is 10.4 Å². The number of aromatic nitrogens is 1. The maximum absolute atomic E-state index is 8.92. The second kappa shape index (κ2) is 4.16. The molecule has 0 bridgehead atoms. The molecular weight excluding hydrogens is 312 g/mol. The van der Waals surface area contributed by atoms with E-state index in [1.165, 1.54) is 0 Å². The first kappa shape index (κ1) is 10.4. The molecule has 0 saturated heterocycles. The van der Waals surface area contributed by atoms with Crippen LogP contribution in [0.15, 0.2) is 21.3 Å². The second-order valence-corrected chi connectivity index (χ2v) is 5.12. The highest BCUT2D eigenvalue weighted by molar-refractivity contribution is 9.11. The molecule has 1 saturated carbocycles. The van der Waals surface area contributed by atoms with E-state index in [2.05, 4.69) is 42.2 Å². The molecule has 1 aromatic heterocycles. The summed E-state index contributed by atoms with van der Waals surface area (Å²) in [5.74, 6) is 0.405. The number of aliphatic hydroxyl groups excluding tert-OH is 1. The third kappa shape index (κ3) is 2.10. The summed E-state index contributed by atoms with van der Waals surface area (Å²) in [6, 6.07) is 0.398. The molecule has 1 heterocycles. The van der Waals surface area contributed by atoms with Gasteiger partial charge in [0.1, 0.15) is 0 Å². The number of hydrogen-bond acceptors (Lipinski definition) is 3. The third-order valence-corrected chi connectivity index (χ3v) is 3.54. The quantitative estimate of drug-likeness (QED) is 0.898. The van der Waals surface area contributed by atoms with Crippen molar-refractivity contribution in [1.82, 2.24) is 4.98 Å². The van der Waals surface area contributed by atoms with Crippen LogP contribution in [-0.4, -0.2) is 22.7 Å². The van der Waals surface area contributed by atoms with Crippen molar-refractivity contribution in [3.63, 3.8) is 0 Å². The van der Waals surface area contributed by atoms with Gasteiger partial charge in [-0.3, -0.25) is 4.98 Å². The first-order chi connectivity index (χ1) is 6.72. The molecule has 14 heavy (non-hydrogen) atoms. The van der Waals surface area contributed by atoms with Crippen LogP contribution >= 0.6 is 31.9 Å². The number of halogens is 2. The molecular formula is C9H10Br2N2O. The topological polar surface area (TPSA) is 45.1 Å². The Bertz CT molecular complexity index is 325. The molecule has 1 aliphatic rings. The van der Waals surface area contributed by atoms with Crippen molar-refractivity contribution in [2.24, 2.45) is 5.92 Å². The van der Waals surface area contributed by atoms with E-state index in [9.17, 15) is 0 Å². The van der Waals surface area contributed by atoms with Crippen molar-refractivity contribution in [1.29, 1.82) is 0 Å². The molecule has 2 rings (SSSR count). The number of hydrogen-bond donors (Lipinski definition) is 2. The second-order valence-electron chi connectivity index (χ2n) is 3.41. The molecule has 0 aliphatic heterocycles. The van der Waals surface area contributed by atoms with Gasteiger partial charge in [0.25, 0.3) is 0 Å². The molecule has 3 nitrogen and oxygen atoms in total.